The quantitative estimate of drug-likeness (QED) is 0.500. The second-order valence-electron chi connectivity index (χ2n) is 2.93. The summed E-state index contributed by atoms with van der Waals surface area (Å²) in [5, 5.41) is 8.94. The number of hydrogen-bond acceptors (Lipinski definition) is 2. The minimum absolute atomic E-state index is 0.0839. The predicted molar refractivity (Wildman–Crippen MR) is 30.7 cm³/mol. The summed E-state index contributed by atoms with van der Waals surface area (Å²) in [5.74, 6) is 0. The van der Waals surface area contributed by atoms with Gasteiger partial charge in [0.1, 0.15) is 0 Å². The first-order valence-electron chi connectivity index (χ1n) is 2.92. The molecule has 0 aromatic rings. The Morgan fingerprint density at radius 3 is 2.38 bits per heavy atom. The van der Waals surface area contributed by atoms with Gasteiger partial charge in [0.05, 0.1) is 18.3 Å². The third-order valence-electron chi connectivity index (χ3n) is 1.39. The Bertz CT molecular complexity index is 88.5. The van der Waals surface area contributed by atoms with Crippen LogP contribution in [0, 0.1) is 0 Å². The molecule has 48 valence electrons. The van der Waals surface area contributed by atoms with Gasteiger partial charge in [-0.3, -0.25) is 0 Å². The summed E-state index contributed by atoms with van der Waals surface area (Å²) in [6.45, 7) is 4.49. The molecular formula is C6H12O2. The lowest BCUT2D eigenvalue weighted by Gasteiger charge is -2.14. The Kier molecular flexibility index (Phi) is 1.29. The molecule has 1 N–H and O–H groups in total. The largest absolute Gasteiger partial charge is 0.391 e. The second kappa shape index (κ2) is 1.71. The molecule has 0 aromatic heterocycles. The molecule has 1 aliphatic heterocycles. The van der Waals surface area contributed by atoms with E-state index in [2.05, 4.69) is 0 Å². The summed E-state index contributed by atoms with van der Waals surface area (Å²) in [6, 6.07) is 0. The van der Waals surface area contributed by atoms with Gasteiger partial charge in [0.25, 0.3) is 0 Å². The van der Waals surface area contributed by atoms with Crippen LogP contribution in [0.3, 0.4) is 0 Å². The van der Waals surface area contributed by atoms with Crippen molar-refractivity contribution >= 4 is 0 Å². The lowest BCUT2D eigenvalue weighted by atomic mass is 10.1. The zero-order valence-electron chi connectivity index (χ0n) is 5.35. The lowest BCUT2D eigenvalue weighted by molar-refractivity contribution is 0.0306. The Labute approximate surface area is 49.5 Å². The highest BCUT2D eigenvalue weighted by molar-refractivity contribution is 4.79. The third-order valence-corrected chi connectivity index (χ3v) is 1.39. The fourth-order valence-corrected chi connectivity index (χ4v) is 1.01. The average Bonchev–Trinajstić information content (AvgIpc) is 1.82. The standard InChI is InChI=1S/C6H12O2/c1-6(2)3-5(7)4-8-6/h5,7H,3-4H2,1-2H3/t5-/m1/s1. The van der Waals surface area contributed by atoms with Gasteiger partial charge in [-0.05, 0) is 13.8 Å². The molecule has 1 heterocycles. The topological polar surface area (TPSA) is 29.5 Å². The van der Waals surface area contributed by atoms with Gasteiger partial charge < -0.3 is 9.84 Å². The van der Waals surface area contributed by atoms with E-state index in [0.29, 0.717) is 6.61 Å². The van der Waals surface area contributed by atoms with Gasteiger partial charge >= 0.3 is 0 Å². The number of aliphatic hydroxyl groups excluding tert-OH is 1. The Balaban J connectivity index is 2.44. The van der Waals surface area contributed by atoms with Crippen LogP contribution in [-0.2, 0) is 4.74 Å². The molecule has 1 saturated heterocycles. The maximum atomic E-state index is 8.94. The minimum atomic E-state index is -0.231. The van der Waals surface area contributed by atoms with Gasteiger partial charge in [0.15, 0.2) is 0 Å². The van der Waals surface area contributed by atoms with Gasteiger partial charge in [0.2, 0.25) is 0 Å². The smallest absolute Gasteiger partial charge is 0.0801 e. The van der Waals surface area contributed by atoms with Crippen molar-refractivity contribution in [2.75, 3.05) is 6.61 Å². The summed E-state index contributed by atoms with van der Waals surface area (Å²) in [5.41, 5.74) is -0.0839. The van der Waals surface area contributed by atoms with E-state index in [9.17, 15) is 0 Å². The number of aliphatic hydroxyl groups is 1. The van der Waals surface area contributed by atoms with E-state index in [1.807, 2.05) is 13.8 Å². The van der Waals surface area contributed by atoms with Gasteiger partial charge in [-0.1, -0.05) is 0 Å². The highest BCUT2D eigenvalue weighted by Crippen LogP contribution is 2.23. The summed E-state index contributed by atoms with van der Waals surface area (Å²) in [6.07, 6.45) is 0.539. The zero-order chi connectivity index (χ0) is 6.20. The molecule has 0 bridgehead atoms. The molecule has 0 amide bonds. The third kappa shape index (κ3) is 1.20. The van der Waals surface area contributed by atoms with Crippen LogP contribution in [0.5, 0.6) is 0 Å². The molecule has 0 aliphatic carbocycles. The van der Waals surface area contributed by atoms with Crippen LogP contribution in [0.25, 0.3) is 0 Å². The first-order valence-corrected chi connectivity index (χ1v) is 2.92. The first-order chi connectivity index (χ1) is 3.60. The Hall–Kier alpha value is -0.0800. The van der Waals surface area contributed by atoms with Crippen LogP contribution in [0.2, 0.25) is 0 Å². The molecule has 0 saturated carbocycles. The normalized spacial score (nSPS) is 35.6. The number of ether oxygens (including phenoxy) is 1. The highest BCUT2D eigenvalue weighted by Gasteiger charge is 2.30. The van der Waals surface area contributed by atoms with Crippen molar-refractivity contribution in [3.8, 4) is 0 Å². The molecule has 0 spiro atoms. The molecular weight excluding hydrogens is 104 g/mol. The SMILES string of the molecule is CC1(C)C[C@@H](O)CO1. The van der Waals surface area contributed by atoms with Gasteiger partial charge in [0, 0.05) is 6.42 Å². The molecule has 1 atom stereocenters. The summed E-state index contributed by atoms with van der Waals surface area (Å²) >= 11 is 0. The van der Waals surface area contributed by atoms with Crippen LogP contribution < -0.4 is 0 Å². The van der Waals surface area contributed by atoms with E-state index in [-0.39, 0.29) is 11.7 Å². The monoisotopic (exact) mass is 116 g/mol. The van der Waals surface area contributed by atoms with Crippen molar-refractivity contribution in [2.24, 2.45) is 0 Å². The van der Waals surface area contributed by atoms with Crippen molar-refractivity contribution in [3.05, 3.63) is 0 Å². The van der Waals surface area contributed by atoms with E-state index >= 15 is 0 Å². The van der Waals surface area contributed by atoms with Crippen LogP contribution in [0.1, 0.15) is 20.3 Å². The second-order valence-corrected chi connectivity index (χ2v) is 2.93. The first kappa shape index (κ1) is 6.05. The molecule has 2 nitrogen and oxygen atoms in total. The van der Waals surface area contributed by atoms with E-state index in [0.717, 1.165) is 6.42 Å². The molecule has 1 rings (SSSR count). The molecule has 0 aromatic carbocycles. The summed E-state index contributed by atoms with van der Waals surface area (Å²) in [4.78, 5) is 0. The van der Waals surface area contributed by atoms with Crippen molar-refractivity contribution in [2.45, 2.75) is 32.0 Å². The van der Waals surface area contributed by atoms with E-state index in [1.54, 1.807) is 0 Å². The van der Waals surface area contributed by atoms with Gasteiger partial charge in [-0.2, -0.15) is 0 Å². The highest BCUT2D eigenvalue weighted by atomic mass is 16.5. The fourth-order valence-electron chi connectivity index (χ4n) is 1.01. The molecule has 1 fully saturated rings. The van der Waals surface area contributed by atoms with Crippen molar-refractivity contribution in [1.29, 1.82) is 0 Å². The van der Waals surface area contributed by atoms with Crippen LogP contribution in [0.15, 0.2) is 0 Å². The maximum Gasteiger partial charge on any atom is 0.0801 e. The number of rotatable bonds is 0. The van der Waals surface area contributed by atoms with Crippen LogP contribution in [0.4, 0.5) is 0 Å². The van der Waals surface area contributed by atoms with Crippen LogP contribution >= 0.6 is 0 Å². The lowest BCUT2D eigenvalue weighted by Crippen LogP contribution is -2.17. The Morgan fingerprint density at radius 1 is 1.62 bits per heavy atom. The minimum Gasteiger partial charge on any atom is -0.391 e. The van der Waals surface area contributed by atoms with Crippen molar-refractivity contribution in [3.63, 3.8) is 0 Å². The van der Waals surface area contributed by atoms with Crippen LogP contribution in [-0.4, -0.2) is 23.4 Å². The molecule has 8 heavy (non-hydrogen) atoms. The van der Waals surface area contributed by atoms with E-state index in [1.165, 1.54) is 0 Å². The van der Waals surface area contributed by atoms with E-state index in [4.69, 9.17) is 9.84 Å². The predicted octanol–water partition coefficient (Wildman–Crippen LogP) is 0.546. The molecule has 2 heteroatoms. The average molecular weight is 116 g/mol. The summed E-state index contributed by atoms with van der Waals surface area (Å²) < 4.78 is 5.20. The maximum absolute atomic E-state index is 8.94. The van der Waals surface area contributed by atoms with Gasteiger partial charge in [-0.25, -0.2) is 0 Å². The number of hydrogen-bond donors (Lipinski definition) is 1. The summed E-state index contributed by atoms with van der Waals surface area (Å²) in [7, 11) is 0. The molecule has 0 unspecified atom stereocenters. The van der Waals surface area contributed by atoms with Crippen molar-refractivity contribution < 1.29 is 9.84 Å². The Morgan fingerprint density at radius 2 is 2.25 bits per heavy atom. The molecule has 0 radical (unpaired) electrons. The van der Waals surface area contributed by atoms with Gasteiger partial charge in [-0.15, -0.1) is 0 Å². The van der Waals surface area contributed by atoms with E-state index < -0.39 is 0 Å². The molecule has 1 aliphatic rings. The zero-order valence-corrected chi connectivity index (χ0v) is 5.35. The fraction of sp³-hybridized carbons (Fsp3) is 1.00. The van der Waals surface area contributed by atoms with Crippen molar-refractivity contribution in [1.82, 2.24) is 0 Å².